The first-order chi connectivity index (χ1) is 10.1. The number of methoxy groups -OCH3 is 1. The maximum atomic E-state index is 5.19. The van der Waals surface area contributed by atoms with E-state index in [1.54, 1.807) is 7.11 Å². The van der Waals surface area contributed by atoms with Crippen molar-refractivity contribution >= 4 is 15.9 Å². The lowest BCUT2D eigenvalue weighted by Gasteiger charge is -2.21. The third-order valence-electron chi connectivity index (χ3n) is 3.58. The number of benzene rings is 2. The van der Waals surface area contributed by atoms with Crippen LogP contribution in [0.1, 0.15) is 31.0 Å². The Morgan fingerprint density at radius 1 is 1.10 bits per heavy atom. The molecule has 2 rings (SSSR count). The zero-order valence-electron chi connectivity index (χ0n) is 12.8. The van der Waals surface area contributed by atoms with Crippen molar-refractivity contribution in [2.45, 2.75) is 32.4 Å². The van der Waals surface area contributed by atoms with Gasteiger partial charge in [-0.15, -0.1) is 0 Å². The molecule has 0 aliphatic carbocycles. The van der Waals surface area contributed by atoms with Gasteiger partial charge in [0.25, 0.3) is 0 Å². The van der Waals surface area contributed by atoms with E-state index >= 15 is 0 Å². The summed E-state index contributed by atoms with van der Waals surface area (Å²) in [5, 5.41) is 3.65. The van der Waals surface area contributed by atoms with Crippen molar-refractivity contribution in [3.63, 3.8) is 0 Å². The van der Waals surface area contributed by atoms with Gasteiger partial charge >= 0.3 is 0 Å². The lowest BCUT2D eigenvalue weighted by Crippen LogP contribution is -2.30. The number of halogens is 1. The number of nitrogens with one attached hydrogen (secondary N) is 1. The molecule has 0 bridgehead atoms. The van der Waals surface area contributed by atoms with Crippen LogP contribution in [-0.4, -0.2) is 13.2 Å². The van der Waals surface area contributed by atoms with E-state index in [4.69, 9.17) is 4.74 Å². The van der Waals surface area contributed by atoms with Crippen LogP contribution in [0.15, 0.2) is 53.0 Å². The Hall–Kier alpha value is -1.32. The van der Waals surface area contributed by atoms with Crippen LogP contribution in [0.2, 0.25) is 0 Å². The fraction of sp³-hybridized carbons (Fsp3) is 0.333. The molecule has 2 aromatic carbocycles. The molecule has 21 heavy (non-hydrogen) atoms. The Balaban J connectivity index is 1.92. The van der Waals surface area contributed by atoms with Gasteiger partial charge in [-0.3, -0.25) is 0 Å². The molecule has 3 heteroatoms. The van der Waals surface area contributed by atoms with Gasteiger partial charge in [0.1, 0.15) is 5.75 Å². The SMILES string of the molecule is COc1ccc(CC(C)N[C@H](C)c2cccc(Br)c2)cc1. The highest BCUT2D eigenvalue weighted by Crippen LogP contribution is 2.19. The minimum atomic E-state index is 0.329. The monoisotopic (exact) mass is 347 g/mol. The summed E-state index contributed by atoms with van der Waals surface area (Å²) in [5.41, 5.74) is 2.61. The molecule has 2 aromatic rings. The van der Waals surface area contributed by atoms with Crippen molar-refractivity contribution < 1.29 is 4.74 Å². The van der Waals surface area contributed by atoms with E-state index in [1.807, 2.05) is 12.1 Å². The largest absolute Gasteiger partial charge is 0.497 e. The van der Waals surface area contributed by atoms with Gasteiger partial charge in [-0.25, -0.2) is 0 Å². The van der Waals surface area contributed by atoms with Crippen molar-refractivity contribution in [2.24, 2.45) is 0 Å². The highest BCUT2D eigenvalue weighted by molar-refractivity contribution is 9.10. The zero-order chi connectivity index (χ0) is 15.2. The molecule has 0 aromatic heterocycles. The predicted molar refractivity (Wildman–Crippen MR) is 91.9 cm³/mol. The normalized spacial score (nSPS) is 13.7. The first-order valence-corrected chi connectivity index (χ1v) is 8.02. The number of hydrogen-bond acceptors (Lipinski definition) is 2. The van der Waals surface area contributed by atoms with E-state index in [9.17, 15) is 0 Å². The predicted octanol–water partition coefficient (Wildman–Crippen LogP) is 4.74. The van der Waals surface area contributed by atoms with Gasteiger partial charge in [0.05, 0.1) is 7.11 Å². The van der Waals surface area contributed by atoms with E-state index < -0.39 is 0 Å². The molecular formula is C18H22BrNO. The van der Waals surface area contributed by atoms with E-state index in [-0.39, 0.29) is 0 Å². The first-order valence-electron chi connectivity index (χ1n) is 7.23. The zero-order valence-corrected chi connectivity index (χ0v) is 14.4. The molecule has 0 heterocycles. The number of hydrogen-bond donors (Lipinski definition) is 1. The second kappa shape index (κ2) is 7.62. The van der Waals surface area contributed by atoms with E-state index in [0.717, 1.165) is 16.6 Å². The molecule has 112 valence electrons. The lowest BCUT2D eigenvalue weighted by molar-refractivity contribution is 0.414. The van der Waals surface area contributed by atoms with Crippen LogP contribution in [0.3, 0.4) is 0 Å². The van der Waals surface area contributed by atoms with Crippen LogP contribution in [0.4, 0.5) is 0 Å². The van der Waals surface area contributed by atoms with Crippen LogP contribution >= 0.6 is 15.9 Å². The number of ether oxygens (including phenoxy) is 1. The van der Waals surface area contributed by atoms with Gasteiger partial charge in [-0.05, 0) is 55.7 Å². The molecular weight excluding hydrogens is 326 g/mol. The van der Waals surface area contributed by atoms with Crippen LogP contribution < -0.4 is 10.1 Å². The van der Waals surface area contributed by atoms with Gasteiger partial charge in [0.15, 0.2) is 0 Å². The Kier molecular flexibility index (Phi) is 5.83. The van der Waals surface area contributed by atoms with E-state index in [2.05, 4.69) is 71.5 Å². The molecule has 0 saturated carbocycles. The summed E-state index contributed by atoms with van der Waals surface area (Å²) >= 11 is 3.52. The molecule has 0 saturated heterocycles. The minimum Gasteiger partial charge on any atom is -0.497 e. The van der Waals surface area contributed by atoms with Crippen LogP contribution in [0.5, 0.6) is 5.75 Å². The van der Waals surface area contributed by atoms with Gasteiger partial charge in [0.2, 0.25) is 0 Å². The Bertz CT molecular complexity index is 568. The van der Waals surface area contributed by atoms with Crippen molar-refractivity contribution in [2.75, 3.05) is 7.11 Å². The van der Waals surface area contributed by atoms with Gasteiger partial charge in [-0.1, -0.05) is 40.2 Å². The number of rotatable bonds is 6. The van der Waals surface area contributed by atoms with Crippen LogP contribution in [0, 0.1) is 0 Å². The molecule has 2 nitrogen and oxygen atoms in total. The van der Waals surface area contributed by atoms with Gasteiger partial charge in [-0.2, -0.15) is 0 Å². The molecule has 0 aliphatic rings. The Labute approximate surface area is 135 Å². The Morgan fingerprint density at radius 2 is 1.81 bits per heavy atom. The van der Waals surface area contributed by atoms with Gasteiger partial charge in [0, 0.05) is 16.6 Å². The summed E-state index contributed by atoms with van der Waals surface area (Å²) in [6.07, 6.45) is 1.00. The molecule has 0 spiro atoms. The minimum absolute atomic E-state index is 0.329. The van der Waals surface area contributed by atoms with Crippen LogP contribution in [-0.2, 0) is 6.42 Å². The summed E-state index contributed by atoms with van der Waals surface area (Å²) in [7, 11) is 1.69. The molecule has 1 N–H and O–H groups in total. The smallest absolute Gasteiger partial charge is 0.118 e. The molecule has 0 fully saturated rings. The fourth-order valence-corrected chi connectivity index (χ4v) is 2.89. The molecule has 0 amide bonds. The lowest BCUT2D eigenvalue weighted by atomic mass is 10.0. The van der Waals surface area contributed by atoms with Crippen LogP contribution in [0.25, 0.3) is 0 Å². The molecule has 0 radical (unpaired) electrons. The van der Waals surface area contributed by atoms with Crippen molar-refractivity contribution in [3.05, 3.63) is 64.1 Å². The van der Waals surface area contributed by atoms with E-state index in [0.29, 0.717) is 12.1 Å². The summed E-state index contributed by atoms with van der Waals surface area (Å²) in [5.74, 6) is 0.905. The van der Waals surface area contributed by atoms with E-state index in [1.165, 1.54) is 11.1 Å². The van der Waals surface area contributed by atoms with Crippen molar-refractivity contribution in [3.8, 4) is 5.75 Å². The summed E-state index contributed by atoms with van der Waals surface area (Å²) in [4.78, 5) is 0. The summed E-state index contributed by atoms with van der Waals surface area (Å²) in [6.45, 7) is 4.42. The third-order valence-corrected chi connectivity index (χ3v) is 4.08. The molecule has 1 unspecified atom stereocenters. The summed E-state index contributed by atoms with van der Waals surface area (Å²) in [6, 6.07) is 17.5. The fourth-order valence-electron chi connectivity index (χ4n) is 2.47. The average molecular weight is 348 g/mol. The van der Waals surface area contributed by atoms with Gasteiger partial charge < -0.3 is 10.1 Å². The topological polar surface area (TPSA) is 21.3 Å². The standard InChI is InChI=1S/C18H22BrNO/c1-13(11-15-7-9-18(21-3)10-8-15)20-14(2)16-5-4-6-17(19)12-16/h4-10,12-14,20H,11H2,1-3H3/t13?,14-/m1/s1. The summed E-state index contributed by atoms with van der Waals surface area (Å²) < 4.78 is 6.31. The first kappa shape index (κ1) is 16.1. The highest BCUT2D eigenvalue weighted by atomic mass is 79.9. The van der Waals surface area contributed by atoms with Crippen molar-refractivity contribution in [1.82, 2.24) is 5.32 Å². The molecule has 0 aliphatic heterocycles. The molecule has 2 atom stereocenters. The maximum Gasteiger partial charge on any atom is 0.118 e. The highest BCUT2D eigenvalue weighted by Gasteiger charge is 2.10. The third kappa shape index (κ3) is 4.87. The maximum absolute atomic E-state index is 5.19. The second-order valence-electron chi connectivity index (χ2n) is 5.40. The average Bonchev–Trinajstić information content (AvgIpc) is 2.48. The Morgan fingerprint density at radius 3 is 2.43 bits per heavy atom. The quantitative estimate of drug-likeness (QED) is 0.814. The van der Waals surface area contributed by atoms with Crippen molar-refractivity contribution in [1.29, 1.82) is 0 Å². The second-order valence-corrected chi connectivity index (χ2v) is 6.31.